The van der Waals surface area contributed by atoms with E-state index in [1.54, 1.807) is 0 Å². The van der Waals surface area contributed by atoms with Gasteiger partial charge in [-0.05, 0) is 65.4 Å². The summed E-state index contributed by atoms with van der Waals surface area (Å²) in [6, 6.07) is 12.9. The summed E-state index contributed by atoms with van der Waals surface area (Å²) in [6.07, 6.45) is 2.05. The van der Waals surface area contributed by atoms with Crippen molar-refractivity contribution in [3.8, 4) is 0 Å². The standard InChI is InChI=1S/C16H20INO/c1-3-11-18-16(12-5-7-13(17)8-6-12)15-10-9-14(4-2)19-15/h5-10,16,18H,3-4,11H2,1-2H3. The fourth-order valence-electron chi connectivity index (χ4n) is 2.07. The first-order valence-corrected chi connectivity index (χ1v) is 7.90. The summed E-state index contributed by atoms with van der Waals surface area (Å²) in [5.41, 5.74) is 1.26. The topological polar surface area (TPSA) is 25.2 Å². The Morgan fingerprint density at radius 3 is 2.42 bits per heavy atom. The molecular weight excluding hydrogens is 349 g/mol. The highest BCUT2D eigenvalue weighted by Crippen LogP contribution is 2.25. The van der Waals surface area contributed by atoms with Crippen LogP contribution < -0.4 is 5.32 Å². The van der Waals surface area contributed by atoms with Crippen LogP contribution in [0.25, 0.3) is 0 Å². The van der Waals surface area contributed by atoms with E-state index in [2.05, 4.69) is 78.2 Å². The first kappa shape index (κ1) is 14.6. The van der Waals surface area contributed by atoms with E-state index in [-0.39, 0.29) is 6.04 Å². The highest BCUT2D eigenvalue weighted by Gasteiger charge is 2.16. The van der Waals surface area contributed by atoms with Gasteiger partial charge in [0.25, 0.3) is 0 Å². The van der Waals surface area contributed by atoms with Gasteiger partial charge in [0.05, 0.1) is 6.04 Å². The van der Waals surface area contributed by atoms with Crippen molar-refractivity contribution >= 4 is 22.6 Å². The van der Waals surface area contributed by atoms with Crippen molar-refractivity contribution in [3.05, 3.63) is 57.1 Å². The molecule has 0 saturated carbocycles. The van der Waals surface area contributed by atoms with Crippen LogP contribution in [0.4, 0.5) is 0 Å². The van der Waals surface area contributed by atoms with Crippen LogP contribution in [0.5, 0.6) is 0 Å². The third-order valence-electron chi connectivity index (χ3n) is 3.12. The van der Waals surface area contributed by atoms with E-state index in [1.165, 1.54) is 9.13 Å². The van der Waals surface area contributed by atoms with Gasteiger partial charge in [0.2, 0.25) is 0 Å². The summed E-state index contributed by atoms with van der Waals surface area (Å²) in [5.74, 6) is 2.05. The van der Waals surface area contributed by atoms with Crippen molar-refractivity contribution in [2.45, 2.75) is 32.7 Å². The molecule has 0 aliphatic carbocycles. The number of hydrogen-bond acceptors (Lipinski definition) is 2. The molecule has 0 radical (unpaired) electrons. The van der Waals surface area contributed by atoms with E-state index in [0.717, 1.165) is 30.9 Å². The largest absolute Gasteiger partial charge is 0.464 e. The quantitative estimate of drug-likeness (QED) is 0.757. The lowest BCUT2D eigenvalue weighted by atomic mass is 10.0. The third kappa shape index (κ3) is 3.83. The van der Waals surface area contributed by atoms with E-state index in [9.17, 15) is 0 Å². The molecule has 1 atom stereocenters. The van der Waals surface area contributed by atoms with Crippen molar-refractivity contribution in [3.63, 3.8) is 0 Å². The summed E-state index contributed by atoms with van der Waals surface area (Å²) in [6.45, 7) is 5.28. The van der Waals surface area contributed by atoms with Crippen molar-refractivity contribution in [1.82, 2.24) is 5.32 Å². The molecule has 1 aromatic heterocycles. The van der Waals surface area contributed by atoms with E-state index >= 15 is 0 Å². The number of aryl methyl sites for hydroxylation is 1. The van der Waals surface area contributed by atoms with Crippen LogP contribution in [-0.2, 0) is 6.42 Å². The number of nitrogens with one attached hydrogen (secondary N) is 1. The van der Waals surface area contributed by atoms with Crippen molar-refractivity contribution in [2.24, 2.45) is 0 Å². The van der Waals surface area contributed by atoms with E-state index in [1.807, 2.05) is 0 Å². The van der Waals surface area contributed by atoms with Gasteiger partial charge in [-0.1, -0.05) is 26.0 Å². The molecular formula is C16H20INO. The first-order valence-electron chi connectivity index (χ1n) is 6.82. The summed E-state index contributed by atoms with van der Waals surface area (Å²) >= 11 is 2.33. The van der Waals surface area contributed by atoms with Crippen molar-refractivity contribution in [2.75, 3.05) is 6.54 Å². The fourth-order valence-corrected chi connectivity index (χ4v) is 2.43. The zero-order valence-electron chi connectivity index (χ0n) is 11.4. The van der Waals surface area contributed by atoms with Crippen LogP contribution in [0.1, 0.15) is 43.4 Å². The molecule has 0 aliphatic heterocycles. The Balaban J connectivity index is 2.26. The van der Waals surface area contributed by atoms with Gasteiger partial charge in [0.1, 0.15) is 11.5 Å². The Labute approximate surface area is 128 Å². The zero-order chi connectivity index (χ0) is 13.7. The Kier molecular flexibility index (Phi) is 5.45. The maximum Gasteiger partial charge on any atom is 0.125 e. The molecule has 0 bridgehead atoms. The van der Waals surface area contributed by atoms with Gasteiger partial charge >= 0.3 is 0 Å². The highest BCUT2D eigenvalue weighted by atomic mass is 127. The highest BCUT2D eigenvalue weighted by molar-refractivity contribution is 14.1. The molecule has 0 aliphatic rings. The van der Waals surface area contributed by atoms with Gasteiger partial charge in [-0.3, -0.25) is 0 Å². The smallest absolute Gasteiger partial charge is 0.125 e. The van der Waals surface area contributed by atoms with Gasteiger partial charge in [-0.15, -0.1) is 0 Å². The van der Waals surface area contributed by atoms with Crippen molar-refractivity contribution < 1.29 is 4.42 Å². The monoisotopic (exact) mass is 369 g/mol. The van der Waals surface area contributed by atoms with Crippen LogP contribution in [-0.4, -0.2) is 6.54 Å². The van der Waals surface area contributed by atoms with Gasteiger partial charge < -0.3 is 9.73 Å². The molecule has 3 heteroatoms. The maximum absolute atomic E-state index is 5.91. The molecule has 1 N–H and O–H groups in total. The lowest BCUT2D eigenvalue weighted by molar-refractivity contribution is 0.422. The lowest BCUT2D eigenvalue weighted by Crippen LogP contribution is -2.22. The third-order valence-corrected chi connectivity index (χ3v) is 3.84. The molecule has 1 aromatic carbocycles. The normalized spacial score (nSPS) is 12.6. The van der Waals surface area contributed by atoms with Crippen LogP contribution in [0.3, 0.4) is 0 Å². The van der Waals surface area contributed by atoms with Crippen molar-refractivity contribution in [1.29, 1.82) is 0 Å². The average molecular weight is 369 g/mol. The van der Waals surface area contributed by atoms with Crippen LogP contribution >= 0.6 is 22.6 Å². The number of halogens is 1. The Morgan fingerprint density at radius 1 is 1.11 bits per heavy atom. The lowest BCUT2D eigenvalue weighted by Gasteiger charge is -2.17. The summed E-state index contributed by atoms with van der Waals surface area (Å²) < 4.78 is 7.17. The average Bonchev–Trinajstić information content (AvgIpc) is 2.90. The van der Waals surface area contributed by atoms with E-state index in [4.69, 9.17) is 4.42 Å². The fraction of sp³-hybridized carbons (Fsp3) is 0.375. The molecule has 0 spiro atoms. The van der Waals surface area contributed by atoms with Gasteiger partial charge in [0.15, 0.2) is 0 Å². The SMILES string of the molecule is CCCNC(c1ccc(I)cc1)c1ccc(CC)o1. The molecule has 2 aromatic rings. The minimum absolute atomic E-state index is 0.150. The minimum atomic E-state index is 0.150. The predicted molar refractivity (Wildman–Crippen MR) is 87.4 cm³/mol. The number of benzene rings is 1. The number of rotatable bonds is 6. The molecule has 2 rings (SSSR count). The Bertz CT molecular complexity index is 504. The molecule has 0 fully saturated rings. The second-order valence-corrected chi connectivity index (χ2v) is 5.84. The molecule has 1 heterocycles. The van der Waals surface area contributed by atoms with Gasteiger partial charge in [-0.2, -0.15) is 0 Å². The van der Waals surface area contributed by atoms with Gasteiger partial charge in [-0.25, -0.2) is 0 Å². The Hall–Kier alpha value is -0.810. The molecule has 1 unspecified atom stereocenters. The zero-order valence-corrected chi connectivity index (χ0v) is 13.6. The van der Waals surface area contributed by atoms with Gasteiger partial charge in [0, 0.05) is 9.99 Å². The summed E-state index contributed by atoms with van der Waals surface area (Å²) in [5, 5.41) is 3.56. The Morgan fingerprint density at radius 2 is 1.84 bits per heavy atom. The molecule has 0 amide bonds. The van der Waals surface area contributed by atoms with E-state index in [0.29, 0.717) is 0 Å². The maximum atomic E-state index is 5.91. The van der Waals surface area contributed by atoms with Crippen LogP contribution in [0.15, 0.2) is 40.8 Å². The van der Waals surface area contributed by atoms with Crippen LogP contribution in [0, 0.1) is 3.57 Å². The molecule has 19 heavy (non-hydrogen) atoms. The second-order valence-electron chi connectivity index (χ2n) is 4.60. The first-order chi connectivity index (χ1) is 9.24. The summed E-state index contributed by atoms with van der Waals surface area (Å²) in [4.78, 5) is 0. The molecule has 2 nitrogen and oxygen atoms in total. The molecule has 0 saturated heterocycles. The minimum Gasteiger partial charge on any atom is -0.464 e. The van der Waals surface area contributed by atoms with E-state index < -0.39 is 0 Å². The predicted octanol–water partition coefficient (Wildman–Crippen LogP) is 4.54. The number of hydrogen-bond donors (Lipinski definition) is 1. The summed E-state index contributed by atoms with van der Waals surface area (Å²) in [7, 11) is 0. The number of furan rings is 1. The van der Waals surface area contributed by atoms with Crippen LogP contribution in [0.2, 0.25) is 0 Å². The second kappa shape index (κ2) is 7.10. The molecule has 102 valence electrons.